The van der Waals surface area contributed by atoms with E-state index in [1.807, 2.05) is 18.3 Å². The number of aromatic nitrogens is 3. The van der Waals surface area contributed by atoms with Crippen LogP contribution in [0, 0.1) is 11.3 Å². The van der Waals surface area contributed by atoms with Crippen LogP contribution in [0.25, 0.3) is 0 Å². The highest BCUT2D eigenvalue weighted by atomic mass is 35.5. The van der Waals surface area contributed by atoms with Gasteiger partial charge in [0.2, 0.25) is 5.91 Å². The molecule has 3 N–H and O–H groups in total. The second-order valence-corrected chi connectivity index (χ2v) is 9.55. The number of nitrogens with zero attached hydrogens (tertiary/aromatic N) is 3. The molecule has 2 bridgehead atoms. The number of amides is 2. The van der Waals surface area contributed by atoms with E-state index in [1.165, 1.54) is 0 Å². The van der Waals surface area contributed by atoms with Gasteiger partial charge in [-0.05, 0) is 56.8 Å². The summed E-state index contributed by atoms with van der Waals surface area (Å²) < 4.78 is 7.70. The minimum atomic E-state index is -0.462. The molecule has 4 rings (SSSR count). The van der Waals surface area contributed by atoms with Crippen molar-refractivity contribution in [3.63, 3.8) is 0 Å². The molecule has 9 nitrogen and oxygen atoms in total. The fourth-order valence-corrected chi connectivity index (χ4v) is 4.68. The minimum absolute atomic E-state index is 0. The van der Waals surface area contributed by atoms with E-state index >= 15 is 0 Å². The van der Waals surface area contributed by atoms with E-state index in [0.717, 1.165) is 32.4 Å². The van der Waals surface area contributed by atoms with Gasteiger partial charge in [-0.1, -0.05) is 31.2 Å². The summed E-state index contributed by atoms with van der Waals surface area (Å²) in [5.41, 5.74) is 0.677. The number of hydrogen-bond acceptors (Lipinski definition) is 6. The molecule has 3 heterocycles. The van der Waals surface area contributed by atoms with Gasteiger partial charge in [-0.3, -0.25) is 14.3 Å². The lowest BCUT2D eigenvalue weighted by atomic mass is 9.75. The molecule has 0 radical (unpaired) electrons. The molecule has 0 aliphatic carbocycles. The third-order valence-electron chi connectivity index (χ3n) is 6.56. The molecule has 0 saturated carbocycles. The van der Waals surface area contributed by atoms with E-state index < -0.39 is 5.41 Å². The molecule has 2 aromatic rings. The zero-order valence-corrected chi connectivity index (χ0v) is 20.7. The van der Waals surface area contributed by atoms with Crippen molar-refractivity contribution in [2.45, 2.75) is 58.7 Å². The average molecular weight is 491 g/mol. The highest BCUT2D eigenvalue weighted by Crippen LogP contribution is 2.34. The second-order valence-electron chi connectivity index (χ2n) is 9.55. The predicted octanol–water partition coefficient (Wildman–Crippen LogP) is 2.31. The number of halogens is 1. The number of para-hydroxylation sites is 1. The minimum Gasteiger partial charge on any atom is -0.486 e. The molecule has 34 heavy (non-hydrogen) atoms. The van der Waals surface area contributed by atoms with Gasteiger partial charge in [-0.15, -0.1) is 17.5 Å². The largest absolute Gasteiger partial charge is 0.486 e. The maximum atomic E-state index is 13.6. The number of rotatable bonds is 2. The normalized spacial score (nSPS) is 21.1. The Bertz CT molecular complexity index is 973. The monoisotopic (exact) mass is 490 g/mol. The predicted molar refractivity (Wildman–Crippen MR) is 131 cm³/mol. The van der Waals surface area contributed by atoms with Crippen molar-refractivity contribution in [3.05, 3.63) is 41.7 Å². The van der Waals surface area contributed by atoms with Crippen LogP contribution in [0.5, 0.6) is 5.75 Å². The second kappa shape index (κ2) is 11.7. The smallest absolute Gasteiger partial charge is 0.255 e. The van der Waals surface area contributed by atoms with Crippen molar-refractivity contribution < 1.29 is 14.3 Å². The first-order chi connectivity index (χ1) is 15.9. The topological polar surface area (TPSA) is 110 Å². The molecular formula is C24H35ClN6O3. The molecular weight excluding hydrogens is 456 g/mol. The molecule has 2 amide bonds. The fourth-order valence-electron chi connectivity index (χ4n) is 4.68. The summed E-state index contributed by atoms with van der Waals surface area (Å²) in [6.07, 6.45) is 4.87. The number of piperidine rings is 1. The Morgan fingerprint density at radius 3 is 2.71 bits per heavy atom. The van der Waals surface area contributed by atoms with Crippen molar-refractivity contribution >= 4 is 24.2 Å². The van der Waals surface area contributed by atoms with Crippen molar-refractivity contribution in [2.75, 3.05) is 19.6 Å². The van der Waals surface area contributed by atoms with E-state index in [0.29, 0.717) is 42.4 Å². The van der Waals surface area contributed by atoms with Crippen molar-refractivity contribution in [1.82, 2.24) is 30.9 Å². The van der Waals surface area contributed by atoms with Gasteiger partial charge in [0.15, 0.2) is 0 Å². The Morgan fingerprint density at radius 1 is 1.18 bits per heavy atom. The number of benzene rings is 1. The van der Waals surface area contributed by atoms with Crippen molar-refractivity contribution in [2.24, 2.45) is 11.3 Å². The average Bonchev–Trinajstić information content (AvgIpc) is 3.27. The van der Waals surface area contributed by atoms with Crippen LogP contribution in [0.15, 0.2) is 30.5 Å². The zero-order chi connectivity index (χ0) is 23.3. The Hall–Kier alpha value is -2.65. The molecule has 1 unspecified atom stereocenters. The first-order valence-electron chi connectivity index (χ1n) is 11.9. The highest BCUT2D eigenvalue weighted by molar-refractivity contribution is 5.97. The molecule has 1 aromatic carbocycles. The number of ether oxygens (including phenoxy) is 1. The van der Waals surface area contributed by atoms with E-state index in [-0.39, 0.29) is 36.9 Å². The summed E-state index contributed by atoms with van der Waals surface area (Å²) in [5.74, 6) is 0.724. The number of carbonyl (C=O) groups is 2. The molecule has 1 atom stereocenters. The lowest BCUT2D eigenvalue weighted by Crippen LogP contribution is -2.53. The molecule has 1 aromatic heterocycles. The Labute approximate surface area is 206 Å². The number of hydrogen-bond donors (Lipinski definition) is 3. The molecule has 2 aliphatic heterocycles. The lowest BCUT2D eigenvalue weighted by Gasteiger charge is -2.37. The summed E-state index contributed by atoms with van der Waals surface area (Å²) in [5, 5.41) is 18.1. The molecule has 10 heteroatoms. The number of fused-ring (bicyclic) bond motifs is 3. The van der Waals surface area contributed by atoms with Crippen LogP contribution in [0.3, 0.4) is 0 Å². The van der Waals surface area contributed by atoms with Gasteiger partial charge in [0.25, 0.3) is 5.91 Å². The molecule has 186 valence electrons. The van der Waals surface area contributed by atoms with Gasteiger partial charge >= 0.3 is 0 Å². The molecule has 2 aliphatic rings. The lowest BCUT2D eigenvalue weighted by molar-refractivity contribution is -0.134. The van der Waals surface area contributed by atoms with E-state index in [9.17, 15) is 9.59 Å². The van der Waals surface area contributed by atoms with Gasteiger partial charge in [-0.2, -0.15) is 0 Å². The zero-order valence-electron chi connectivity index (χ0n) is 19.9. The van der Waals surface area contributed by atoms with Gasteiger partial charge in [-0.25, -0.2) is 0 Å². The third kappa shape index (κ3) is 6.27. The Morgan fingerprint density at radius 2 is 1.94 bits per heavy atom. The fraction of sp³-hybridized carbons (Fsp3) is 0.583. The summed E-state index contributed by atoms with van der Waals surface area (Å²) in [4.78, 5) is 26.6. The van der Waals surface area contributed by atoms with Crippen molar-refractivity contribution in [3.8, 4) is 5.75 Å². The van der Waals surface area contributed by atoms with Crippen LogP contribution < -0.4 is 20.7 Å². The maximum absolute atomic E-state index is 13.6. The summed E-state index contributed by atoms with van der Waals surface area (Å²) in [7, 11) is 0. The Balaban J connectivity index is 0.00000324. The highest BCUT2D eigenvalue weighted by Gasteiger charge is 2.40. The van der Waals surface area contributed by atoms with Gasteiger partial charge < -0.3 is 20.7 Å². The first kappa shape index (κ1) is 26.0. The van der Waals surface area contributed by atoms with Crippen LogP contribution in [0.1, 0.15) is 55.6 Å². The molecule has 1 fully saturated rings. The van der Waals surface area contributed by atoms with Gasteiger partial charge in [0.1, 0.15) is 18.1 Å². The SMILES string of the molecule is CC(C)CC1CNC(=O)c2ccccc2OCc2cn(nn2)CCC2(CCNCC2)C(=O)N1.Cl. The standard InChI is InChI=1S/C24H34N6O3.ClH/c1-17(2)13-18-14-26-22(31)20-5-3-4-6-21(20)33-16-19-15-30(29-28-19)12-9-24(23(32)27-18)7-10-25-11-8-24;/h3-6,15,17-18,25H,7-14,16H2,1-2H3,(H,26,31)(H,27,32);1H. The number of nitrogens with one attached hydrogen (secondary N) is 3. The maximum Gasteiger partial charge on any atom is 0.255 e. The first-order valence-corrected chi connectivity index (χ1v) is 11.9. The number of aryl methyl sites for hydroxylation is 1. The number of carbonyl (C=O) groups excluding carboxylic acids is 2. The van der Waals surface area contributed by atoms with Gasteiger partial charge in [0, 0.05) is 19.1 Å². The van der Waals surface area contributed by atoms with Gasteiger partial charge in [0.05, 0.1) is 17.2 Å². The quantitative estimate of drug-likeness (QED) is 0.596. The summed E-state index contributed by atoms with van der Waals surface area (Å²) in [6.45, 7) is 7.07. The Kier molecular flexibility index (Phi) is 8.90. The van der Waals surface area contributed by atoms with Crippen LogP contribution in [-0.2, 0) is 17.9 Å². The van der Waals surface area contributed by atoms with Crippen LogP contribution >= 0.6 is 12.4 Å². The van der Waals surface area contributed by atoms with Crippen LogP contribution in [0.2, 0.25) is 0 Å². The van der Waals surface area contributed by atoms with Crippen molar-refractivity contribution in [1.29, 1.82) is 0 Å². The van der Waals surface area contributed by atoms with Crippen LogP contribution in [-0.4, -0.2) is 52.5 Å². The van der Waals surface area contributed by atoms with E-state index in [4.69, 9.17) is 4.74 Å². The molecule has 1 saturated heterocycles. The summed E-state index contributed by atoms with van der Waals surface area (Å²) in [6, 6.07) is 7.01. The third-order valence-corrected chi connectivity index (χ3v) is 6.56. The van der Waals surface area contributed by atoms with E-state index in [2.05, 4.69) is 40.1 Å². The van der Waals surface area contributed by atoms with Crippen LogP contribution in [0.4, 0.5) is 0 Å². The molecule has 1 spiro atoms. The summed E-state index contributed by atoms with van der Waals surface area (Å²) >= 11 is 0. The van der Waals surface area contributed by atoms with E-state index in [1.54, 1.807) is 16.8 Å².